The Hall–Kier alpha value is -0.950. The third-order valence-corrected chi connectivity index (χ3v) is 3.48. The summed E-state index contributed by atoms with van der Waals surface area (Å²) in [4.78, 5) is 4.45. The molecule has 3 nitrogen and oxygen atoms in total. The first-order valence-corrected chi connectivity index (χ1v) is 7.66. The fourth-order valence-corrected chi connectivity index (χ4v) is 2.14. The standard InChI is InChI=1S/C17H24N2O.2ClH/c1-2-3-4-5-6-7-9-16-17(10-8-12-19-16)20-14-15-11-13-18-15;;/h8,10,12,15,18H,2,5-7,9,11,13-14H2,1H3;2*1H/t15-;;/m0../s1. The molecular formula is C17H26Cl2N2O. The van der Waals surface area contributed by atoms with Gasteiger partial charge in [-0.05, 0) is 44.4 Å². The molecule has 2 rings (SSSR count). The van der Waals surface area contributed by atoms with Gasteiger partial charge in [0, 0.05) is 25.1 Å². The van der Waals surface area contributed by atoms with E-state index in [1.54, 1.807) is 0 Å². The molecule has 5 heteroatoms. The van der Waals surface area contributed by atoms with Crippen LogP contribution in [0.4, 0.5) is 0 Å². The van der Waals surface area contributed by atoms with Gasteiger partial charge in [-0.2, -0.15) is 0 Å². The highest BCUT2D eigenvalue weighted by Gasteiger charge is 2.17. The predicted molar refractivity (Wildman–Crippen MR) is 96.3 cm³/mol. The molecule has 1 aliphatic heterocycles. The fourth-order valence-electron chi connectivity index (χ4n) is 2.14. The van der Waals surface area contributed by atoms with Crippen molar-refractivity contribution in [3.8, 4) is 17.6 Å². The van der Waals surface area contributed by atoms with E-state index in [1.165, 1.54) is 6.42 Å². The Morgan fingerprint density at radius 1 is 1.32 bits per heavy atom. The molecule has 1 aromatic heterocycles. The zero-order chi connectivity index (χ0) is 14.0. The predicted octanol–water partition coefficient (Wildman–Crippen LogP) is 3.79. The van der Waals surface area contributed by atoms with Crippen LogP contribution in [0.15, 0.2) is 18.3 Å². The lowest BCUT2D eigenvalue weighted by Crippen LogP contribution is -2.46. The average molecular weight is 345 g/mol. The minimum atomic E-state index is 0. The van der Waals surface area contributed by atoms with Crippen molar-refractivity contribution in [1.29, 1.82) is 0 Å². The van der Waals surface area contributed by atoms with Crippen LogP contribution in [-0.2, 0) is 6.42 Å². The van der Waals surface area contributed by atoms with Crippen LogP contribution in [0, 0.1) is 11.8 Å². The van der Waals surface area contributed by atoms with Crippen molar-refractivity contribution in [1.82, 2.24) is 10.3 Å². The Morgan fingerprint density at radius 2 is 2.14 bits per heavy atom. The van der Waals surface area contributed by atoms with Crippen molar-refractivity contribution in [2.45, 2.75) is 51.5 Å². The summed E-state index contributed by atoms with van der Waals surface area (Å²) in [5.41, 5.74) is 1.08. The van der Waals surface area contributed by atoms with Crippen LogP contribution < -0.4 is 10.1 Å². The molecule has 0 unspecified atom stereocenters. The zero-order valence-electron chi connectivity index (χ0n) is 13.1. The molecule has 0 saturated carbocycles. The molecule has 124 valence electrons. The minimum absolute atomic E-state index is 0. The maximum absolute atomic E-state index is 5.88. The summed E-state index contributed by atoms with van der Waals surface area (Å²) in [6.45, 7) is 3.95. The van der Waals surface area contributed by atoms with Crippen LogP contribution >= 0.6 is 24.8 Å². The highest BCUT2D eigenvalue weighted by molar-refractivity contribution is 5.85. The zero-order valence-corrected chi connectivity index (χ0v) is 14.8. The van der Waals surface area contributed by atoms with Crippen molar-refractivity contribution in [2.24, 2.45) is 0 Å². The lowest BCUT2D eigenvalue weighted by Gasteiger charge is -2.27. The molecule has 1 aromatic rings. The van der Waals surface area contributed by atoms with Crippen molar-refractivity contribution >= 4 is 24.8 Å². The maximum Gasteiger partial charge on any atom is 0.140 e. The number of halogens is 2. The number of unbranched alkanes of at least 4 members (excludes halogenated alkanes) is 2. The lowest BCUT2D eigenvalue weighted by atomic mass is 10.1. The summed E-state index contributed by atoms with van der Waals surface area (Å²) in [5, 5.41) is 3.35. The Balaban J connectivity index is 0.00000220. The van der Waals surface area contributed by atoms with Gasteiger partial charge in [0.15, 0.2) is 0 Å². The van der Waals surface area contributed by atoms with Crippen LogP contribution in [0.3, 0.4) is 0 Å². The summed E-state index contributed by atoms with van der Waals surface area (Å²) in [7, 11) is 0. The molecule has 0 radical (unpaired) electrons. The third kappa shape index (κ3) is 7.35. The van der Waals surface area contributed by atoms with E-state index in [1.807, 2.05) is 18.3 Å². The number of nitrogens with zero attached hydrogens (tertiary/aromatic N) is 1. The van der Waals surface area contributed by atoms with E-state index < -0.39 is 0 Å². The molecule has 22 heavy (non-hydrogen) atoms. The van der Waals surface area contributed by atoms with Gasteiger partial charge in [-0.15, -0.1) is 36.7 Å². The topological polar surface area (TPSA) is 34.1 Å². The molecule has 1 aliphatic rings. The monoisotopic (exact) mass is 344 g/mol. The minimum Gasteiger partial charge on any atom is -0.490 e. The molecule has 0 aliphatic carbocycles. The van der Waals surface area contributed by atoms with Gasteiger partial charge in [0.2, 0.25) is 0 Å². The molecule has 0 aromatic carbocycles. The Morgan fingerprint density at radius 3 is 2.82 bits per heavy atom. The smallest absolute Gasteiger partial charge is 0.140 e. The fraction of sp³-hybridized carbons (Fsp3) is 0.588. The summed E-state index contributed by atoms with van der Waals surface area (Å²) < 4.78 is 5.88. The van der Waals surface area contributed by atoms with Crippen LogP contribution in [0.5, 0.6) is 5.75 Å². The van der Waals surface area contributed by atoms with Crippen LogP contribution in [0.1, 0.15) is 44.7 Å². The first-order chi connectivity index (χ1) is 9.90. The molecule has 0 bridgehead atoms. The largest absolute Gasteiger partial charge is 0.490 e. The molecule has 2 heterocycles. The van der Waals surface area contributed by atoms with E-state index in [2.05, 4.69) is 29.1 Å². The van der Waals surface area contributed by atoms with Crippen molar-refractivity contribution in [2.75, 3.05) is 13.2 Å². The van der Waals surface area contributed by atoms with Crippen LogP contribution in [0.25, 0.3) is 0 Å². The summed E-state index contributed by atoms with van der Waals surface area (Å²) in [5.74, 6) is 7.23. The van der Waals surface area contributed by atoms with Crippen LogP contribution in [0.2, 0.25) is 0 Å². The van der Waals surface area contributed by atoms with E-state index in [-0.39, 0.29) is 24.8 Å². The van der Waals surface area contributed by atoms with E-state index >= 15 is 0 Å². The quantitative estimate of drug-likeness (QED) is 0.603. The van der Waals surface area contributed by atoms with Gasteiger partial charge in [-0.3, -0.25) is 4.98 Å². The maximum atomic E-state index is 5.88. The summed E-state index contributed by atoms with van der Waals surface area (Å²) in [6.07, 6.45) is 8.23. The second-order valence-corrected chi connectivity index (χ2v) is 5.11. The number of hydrogen-bond acceptors (Lipinski definition) is 3. The van der Waals surface area contributed by atoms with E-state index in [0.717, 1.165) is 56.7 Å². The van der Waals surface area contributed by atoms with E-state index in [4.69, 9.17) is 4.74 Å². The number of aromatic nitrogens is 1. The van der Waals surface area contributed by atoms with Gasteiger partial charge < -0.3 is 10.1 Å². The highest BCUT2D eigenvalue weighted by atomic mass is 35.5. The molecule has 0 spiro atoms. The van der Waals surface area contributed by atoms with Gasteiger partial charge in [0.1, 0.15) is 12.4 Å². The second kappa shape index (κ2) is 12.6. The van der Waals surface area contributed by atoms with Crippen molar-refractivity contribution in [3.63, 3.8) is 0 Å². The average Bonchev–Trinajstić information content (AvgIpc) is 2.42. The summed E-state index contributed by atoms with van der Waals surface area (Å²) in [6, 6.07) is 4.49. The molecule has 1 atom stereocenters. The number of nitrogens with one attached hydrogen (secondary N) is 1. The first kappa shape index (κ1) is 21.0. The lowest BCUT2D eigenvalue weighted by molar-refractivity contribution is 0.215. The number of ether oxygens (including phenoxy) is 1. The molecular weight excluding hydrogens is 319 g/mol. The SMILES string of the molecule is CCC#CCCCCc1ncccc1OC[C@@H]1CCN1.Cl.Cl. The third-order valence-electron chi connectivity index (χ3n) is 3.48. The normalized spacial score (nSPS) is 15.4. The van der Waals surface area contributed by atoms with Gasteiger partial charge in [0.25, 0.3) is 0 Å². The van der Waals surface area contributed by atoms with Gasteiger partial charge in [-0.1, -0.05) is 6.92 Å². The molecule has 1 saturated heterocycles. The number of rotatable bonds is 7. The second-order valence-electron chi connectivity index (χ2n) is 5.11. The highest BCUT2D eigenvalue weighted by Crippen LogP contribution is 2.19. The first-order valence-electron chi connectivity index (χ1n) is 7.66. The molecule has 1 fully saturated rings. The number of hydrogen-bond donors (Lipinski definition) is 1. The van der Waals surface area contributed by atoms with Crippen LogP contribution in [-0.4, -0.2) is 24.2 Å². The van der Waals surface area contributed by atoms with Gasteiger partial charge >= 0.3 is 0 Å². The van der Waals surface area contributed by atoms with Crippen molar-refractivity contribution in [3.05, 3.63) is 24.0 Å². The molecule has 1 N–H and O–H groups in total. The van der Waals surface area contributed by atoms with Gasteiger partial charge in [-0.25, -0.2) is 0 Å². The van der Waals surface area contributed by atoms with E-state index in [9.17, 15) is 0 Å². The summed E-state index contributed by atoms with van der Waals surface area (Å²) >= 11 is 0. The Labute approximate surface area is 146 Å². The number of pyridine rings is 1. The Bertz CT molecular complexity index is 467. The molecule has 0 amide bonds. The Kier molecular flexibility index (Phi) is 12.0. The van der Waals surface area contributed by atoms with Gasteiger partial charge in [0.05, 0.1) is 5.69 Å². The van der Waals surface area contributed by atoms with E-state index in [0.29, 0.717) is 6.04 Å². The number of aryl methyl sites for hydroxylation is 1. The van der Waals surface area contributed by atoms with Crippen molar-refractivity contribution < 1.29 is 4.74 Å².